The van der Waals surface area contributed by atoms with Crippen LogP contribution in [0.1, 0.15) is 12.8 Å². The van der Waals surface area contributed by atoms with Crippen molar-refractivity contribution < 1.29 is 8.78 Å². The SMILES string of the molecule is CN1CCC2(C1)NCCC2(F)F. The van der Waals surface area contributed by atoms with Crippen molar-refractivity contribution in [1.82, 2.24) is 10.2 Å². The molecule has 4 heteroatoms. The second-order valence-corrected chi connectivity index (χ2v) is 3.95. The van der Waals surface area contributed by atoms with E-state index in [0.29, 0.717) is 19.5 Å². The minimum Gasteiger partial charge on any atom is -0.305 e. The van der Waals surface area contributed by atoms with Crippen molar-refractivity contribution in [2.45, 2.75) is 24.3 Å². The highest BCUT2D eigenvalue weighted by molar-refractivity contribution is 5.10. The summed E-state index contributed by atoms with van der Waals surface area (Å²) in [6, 6.07) is 0. The van der Waals surface area contributed by atoms with Crippen LogP contribution in [0, 0.1) is 0 Å². The quantitative estimate of drug-likeness (QED) is 0.584. The fourth-order valence-corrected chi connectivity index (χ4v) is 2.27. The van der Waals surface area contributed by atoms with E-state index in [1.54, 1.807) is 0 Å². The number of halogens is 2. The van der Waals surface area contributed by atoms with Crippen LogP contribution in [0.5, 0.6) is 0 Å². The molecule has 0 saturated carbocycles. The number of hydrogen-bond donors (Lipinski definition) is 1. The molecule has 0 amide bonds. The van der Waals surface area contributed by atoms with Crippen molar-refractivity contribution in [2.24, 2.45) is 0 Å². The lowest BCUT2D eigenvalue weighted by Crippen LogP contribution is -2.53. The molecule has 2 heterocycles. The third-order valence-electron chi connectivity index (χ3n) is 3.06. The summed E-state index contributed by atoms with van der Waals surface area (Å²) in [7, 11) is 1.89. The molecule has 0 aromatic carbocycles. The van der Waals surface area contributed by atoms with Crippen LogP contribution in [0.2, 0.25) is 0 Å². The zero-order valence-corrected chi connectivity index (χ0v) is 7.24. The molecule has 1 spiro atoms. The summed E-state index contributed by atoms with van der Waals surface area (Å²) in [5.74, 6) is -2.50. The van der Waals surface area contributed by atoms with E-state index in [9.17, 15) is 8.78 Å². The van der Waals surface area contributed by atoms with Gasteiger partial charge in [-0.05, 0) is 20.0 Å². The molecule has 70 valence electrons. The highest BCUT2D eigenvalue weighted by Gasteiger charge is 2.59. The molecule has 2 aliphatic rings. The summed E-state index contributed by atoms with van der Waals surface area (Å²) >= 11 is 0. The molecule has 2 aliphatic heterocycles. The van der Waals surface area contributed by atoms with Crippen molar-refractivity contribution in [3.63, 3.8) is 0 Å². The first-order valence-corrected chi connectivity index (χ1v) is 4.37. The zero-order valence-electron chi connectivity index (χ0n) is 7.24. The van der Waals surface area contributed by atoms with Crippen LogP contribution >= 0.6 is 0 Å². The molecule has 1 unspecified atom stereocenters. The van der Waals surface area contributed by atoms with Crippen LogP contribution in [-0.2, 0) is 0 Å². The van der Waals surface area contributed by atoms with Gasteiger partial charge in [0.2, 0.25) is 0 Å². The molecule has 0 aliphatic carbocycles. The Morgan fingerprint density at radius 2 is 2.08 bits per heavy atom. The summed E-state index contributed by atoms with van der Waals surface area (Å²) in [5.41, 5.74) is -0.901. The predicted molar refractivity (Wildman–Crippen MR) is 42.4 cm³/mol. The molecule has 0 aromatic heterocycles. The summed E-state index contributed by atoms with van der Waals surface area (Å²) in [5, 5.41) is 2.96. The number of likely N-dealkylation sites (N-methyl/N-ethyl adjacent to an activating group) is 1. The Morgan fingerprint density at radius 1 is 1.33 bits per heavy atom. The van der Waals surface area contributed by atoms with E-state index in [4.69, 9.17) is 0 Å². The molecule has 2 fully saturated rings. The lowest BCUT2D eigenvalue weighted by atomic mass is 9.92. The normalized spacial score (nSPS) is 41.2. The van der Waals surface area contributed by atoms with Crippen LogP contribution in [0.3, 0.4) is 0 Å². The van der Waals surface area contributed by atoms with E-state index in [1.807, 2.05) is 11.9 Å². The molecular formula is C8H14F2N2. The van der Waals surface area contributed by atoms with E-state index >= 15 is 0 Å². The minimum absolute atomic E-state index is 0.000833. The maximum Gasteiger partial charge on any atom is 0.268 e. The molecule has 0 aromatic rings. The number of nitrogens with zero attached hydrogens (tertiary/aromatic N) is 1. The van der Waals surface area contributed by atoms with Crippen molar-refractivity contribution in [1.29, 1.82) is 0 Å². The van der Waals surface area contributed by atoms with Crippen LogP contribution < -0.4 is 5.32 Å². The number of hydrogen-bond acceptors (Lipinski definition) is 2. The Bertz CT molecular complexity index is 195. The lowest BCUT2D eigenvalue weighted by molar-refractivity contribution is -0.0553. The zero-order chi connectivity index (χ0) is 8.82. The van der Waals surface area contributed by atoms with Crippen molar-refractivity contribution in [3.8, 4) is 0 Å². The van der Waals surface area contributed by atoms with E-state index in [-0.39, 0.29) is 6.42 Å². The van der Waals surface area contributed by atoms with Gasteiger partial charge >= 0.3 is 0 Å². The summed E-state index contributed by atoms with van der Waals surface area (Å²) in [6.45, 7) is 1.73. The summed E-state index contributed by atoms with van der Waals surface area (Å²) in [4.78, 5) is 1.96. The minimum atomic E-state index is -2.50. The highest BCUT2D eigenvalue weighted by atomic mass is 19.3. The van der Waals surface area contributed by atoms with Crippen molar-refractivity contribution >= 4 is 0 Å². The highest BCUT2D eigenvalue weighted by Crippen LogP contribution is 2.41. The van der Waals surface area contributed by atoms with Gasteiger partial charge in [0.25, 0.3) is 5.92 Å². The fourth-order valence-electron chi connectivity index (χ4n) is 2.27. The Morgan fingerprint density at radius 3 is 2.50 bits per heavy atom. The van der Waals surface area contributed by atoms with Gasteiger partial charge in [-0.3, -0.25) is 0 Å². The average molecular weight is 176 g/mol. The van der Waals surface area contributed by atoms with Gasteiger partial charge in [0, 0.05) is 19.5 Å². The van der Waals surface area contributed by atoms with E-state index in [0.717, 1.165) is 6.54 Å². The smallest absolute Gasteiger partial charge is 0.268 e. The first-order chi connectivity index (χ1) is 5.56. The second kappa shape index (κ2) is 2.39. The van der Waals surface area contributed by atoms with Gasteiger partial charge in [-0.2, -0.15) is 0 Å². The first-order valence-electron chi connectivity index (χ1n) is 4.37. The van der Waals surface area contributed by atoms with E-state index < -0.39 is 11.5 Å². The fraction of sp³-hybridized carbons (Fsp3) is 1.00. The maximum atomic E-state index is 13.4. The number of rotatable bonds is 0. The van der Waals surface area contributed by atoms with E-state index in [2.05, 4.69) is 5.32 Å². The molecule has 12 heavy (non-hydrogen) atoms. The molecular weight excluding hydrogens is 162 g/mol. The number of nitrogens with one attached hydrogen (secondary N) is 1. The van der Waals surface area contributed by atoms with Crippen LogP contribution in [-0.4, -0.2) is 43.0 Å². The van der Waals surface area contributed by atoms with Gasteiger partial charge in [-0.25, -0.2) is 8.78 Å². The summed E-state index contributed by atoms with van der Waals surface area (Å²) in [6.07, 6.45) is 0.581. The van der Waals surface area contributed by atoms with E-state index in [1.165, 1.54) is 0 Å². The van der Waals surface area contributed by atoms with Gasteiger partial charge in [0.05, 0.1) is 5.54 Å². The van der Waals surface area contributed by atoms with Crippen LogP contribution in [0.15, 0.2) is 0 Å². The molecule has 0 bridgehead atoms. The Balaban J connectivity index is 2.20. The Kier molecular flexibility index (Phi) is 1.67. The Labute approximate surface area is 70.9 Å². The van der Waals surface area contributed by atoms with Crippen LogP contribution in [0.25, 0.3) is 0 Å². The second-order valence-electron chi connectivity index (χ2n) is 3.95. The number of likely N-dealkylation sites (tertiary alicyclic amines) is 1. The Hall–Kier alpha value is -0.220. The molecule has 2 saturated heterocycles. The van der Waals surface area contributed by atoms with Gasteiger partial charge in [-0.1, -0.05) is 0 Å². The van der Waals surface area contributed by atoms with Crippen molar-refractivity contribution in [2.75, 3.05) is 26.7 Å². The largest absolute Gasteiger partial charge is 0.305 e. The van der Waals surface area contributed by atoms with Gasteiger partial charge in [0.1, 0.15) is 0 Å². The monoisotopic (exact) mass is 176 g/mol. The first kappa shape index (κ1) is 8.38. The standard InChI is InChI=1S/C8H14F2N2/c1-12-5-3-7(6-12)8(9,10)2-4-11-7/h11H,2-6H2,1H3. The average Bonchev–Trinajstić information content (AvgIpc) is 2.43. The third kappa shape index (κ3) is 0.977. The number of alkyl halides is 2. The van der Waals surface area contributed by atoms with Gasteiger partial charge in [-0.15, -0.1) is 0 Å². The van der Waals surface area contributed by atoms with Crippen molar-refractivity contribution in [3.05, 3.63) is 0 Å². The van der Waals surface area contributed by atoms with Gasteiger partial charge in [0.15, 0.2) is 0 Å². The lowest BCUT2D eigenvalue weighted by Gasteiger charge is -2.30. The van der Waals surface area contributed by atoms with Crippen LogP contribution in [0.4, 0.5) is 8.78 Å². The molecule has 1 N–H and O–H groups in total. The summed E-state index contributed by atoms with van der Waals surface area (Å²) < 4.78 is 26.8. The maximum absolute atomic E-state index is 13.4. The predicted octanol–water partition coefficient (Wildman–Crippen LogP) is 0.689. The molecule has 2 nitrogen and oxygen atoms in total. The topological polar surface area (TPSA) is 15.3 Å². The van der Waals surface area contributed by atoms with Gasteiger partial charge < -0.3 is 10.2 Å². The third-order valence-corrected chi connectivity index (χ3v) is 3.06. The molecule has 2 rings (SSSR count). The molecule has 0 radical (unpaired) electrons. The molecule has 1 atom stereocenters.